The molecule has 156 valence electrons. The zero-order valence-electron chi connectivity index (χ0n) is 17.5. The zero-order chi connectivity index (χ0) is 20.9. The quantitative estimate of drug-likeness (QED) is 0.593. The Balaban J connectivity index is 1.32. The summed E-state index contributed by atoms with van der Waals surface area (Å²) in [7, 11) is 1.93. The van der Waals surface area contributed by atoms with Crippen molar-refractivity contribution in [2.24, 2.45) is 7.05 Å². The molecule has 1 aliphatic rings. The monoisotopic (exact) mass is 421 g/mol. The lowest BCUT2D eigenvalue weighted by Crippen LogP contribution is -2.29. The molecule has 0 atom stereocenters. The van der Waals surface area contributed by atoms with Crippen molar-refractivity contribution in [3.63, 3.8) is 0 Å². The molecule has 1 saturated heterocycles. The fourth-order valence-corrected chi connectivity index (χ4v) is 4.34. The van der Waals surface area contributed by atoms with Crippen LogP contribution in [-0.2, 0) is 11.8 Å². The summed E-state index contributed by atoms with van der Waals surface area (Å²) >= 11 is 1.39. The molecule has 0 spiro atoms. The average Bonchev–Trinajstić information content (AvgIpc) is 3.14. The van der Waals surface area contributed by atoms with Crippen molar-refractivity contribution in [3.8, 4) is 11.4 Å². The molecule has 0 radical (unpaired) electrons. The van der Waals surface area contributed by atoms with Gasteiger partial charge in [-0.2, -0.15) is 0 Å². The van der Waals surface area contributed by atoms with Gasteiger partial charge in [-0.1, -0.05) is 41.6 Å². The Labute approximate surface area is 181 Å². The summed E-state index contributed by atoms with van der Waals surface area (Å²) < 4.78 is 1.93. The Hall–Kier alpha value is -2.80. The number of nitrogens with zero attached hydrogens (tertiary/aromatic N) is 4. The molecular weight excluding hydrogens is 394 g/mol. The molecule has 1 aromatic heterocycles. The van der Waals surface area contributed by atoms with Crippen molar-refractivity contribution in [2.75, 3.05) is 29.1 Å². The first-order valence-corrected chi connectivity index (χ1v) is 11.3. The van der Waals surface area contributed by atoms with E-state index in [9.17, 15) is 4.79 Å². The van der Waals surface area contributed by atoms with Gasteiger partial charge in [0, 0.05) is 37.1 Å². The third-order valence-corrected chi connectivity index (χ3v) is 6.37. The summed E-state index contributed by atoms with van der Waals surface area (Å²) in [6, 6.07) is 16.3. The number of nitrogens with one attached hydrogen (secondary N) is 1. The first kappa shape index (κ1) is 20.5. The Morgan fingerprint density at radius 1 is 1.00 bits per heavy atom. The molecule has 30 heavy (non-hydrogen) atoms. The number of piperidine rings is 1. The molecule has 4 rings (SSSR count). The van der Waals surface area contributed by atoms with Crippen molar-refractivity contribution < 1.29 is 4.79 Å². The van der Waals surface area contributed by atoms with Gasteiger partial charge in [-0.25, -0.2) is 0 Å². The van der Waals surface area contributed by atoms with Gasteiger partial charge < -0.3 is 14.8 Å². The van der Waals surface area contributed by atoms with E-state index in [1.807, 2.05) is 35.9 Å². The number of hydrogen-bond donors (Lipinski definition) is 1. The number of aryl methyl sites for hydroxylation is 1. The Morgan fingerprint density at radius 3 is 2.40 bits per heavy atom. The van der Waals surface area contributed by atoms with E-state index in [1.54, 1.807) is 0 Å². The third-order valence-electron chi connectivity index (χ3n) is 5.35. The Bertz CT molecular complexity index is 991. The van der Waals surface area contributed by atoms with Crippen LogP contribution in [0.3, 0.4) is 0 Å². The molecule has 0 unspecified atom stereocenters. The number of hydrogen-bond acceptors (Lipinski definition) is 5. The second kappa shape index (κ2) is 9.34. The highest BCUT2D eigenvalue weighted by molar-refractivity contribution is 7.99. The number of thioether (sulfide) groups is 1. The summed E-state index contributed by atoms with van der Waals surface area (Å²) in [6.45, 7) is 4.29. The molecule has 2 heterocycles. The third kappa shape index (κ3) is 4.84. The fraction of sp³-hybridized carbons (Fsp3) is 0.348. The highest BCUT2D eigenvalue weighted by Crippen LogP contribution is 2.24. The lowest BCUT2D eigenvalue weighted by Gasteiger charge is -2.28. The summed E-state index contributed by atoms with van der Waals surface area (Å²) in [5.41, 5.74) is 4.27. The number of carbonyl (C=O) groups is 1. The SMILES string of the molecule is Cc1ccc(-c2nnc(SCC(=O)Nc3ccc(N4CCCCC4)cc3)n2C)cc1. The van der Waals surface area contributed by atoms with Gasteiger partial charge in [0.25, 0.3) is 0 Å². The second-order valence-corrected chi connectivity index (χ2v) is 8.61. The van der Waals surface area contributed by atoms with Gasteiger partial charge in [0.1, 0.15) is 0 Å². The first-order valence-electron chi connectivity index (χ1n) is 10.3. The van der Waals surface area contributed by atoms with E-state index in [1.165, 1.54) is 42.3 Å². The van der Waals surface area contributed by atoms with Crippen molar-refractivity contribution in [1.29, 1.82) is 0 Å². The van der Waals surface area contributed by atoms with E-state index in [2.05, 4.69) is 51.6 Å². The van der Waals surface area contributed by atoms with Crippen LogP contribution in [0.15, 0.2) is 53.7 Å². The summed E-state index contributed by atoms with van der Waals surface area (Å²) in [5, 5.41) is 12.2. The highest BCUT2D eigenvalue weighted by Gasteiger charge is 2.14. The van der Waals surface area contributed by atoms with Gasteiger partial charge in [-0.05, 0) is 50.5 Å². The van der Waals surface area contributed by atoms with Gasteiger partial charge in [0.05, 0.1) is 5.75 Å². The normalized spacial score (nSPS) is 14.0. The van der Waals surface area contributed by atoms with Gasteiger partial charge in [0.15, 0.2) is 11.0 Å². The number of amides is 1. The van der Waals surface area contributed by atoms with E-state index in [0.29, 0.717) is 0 Å². The number of rotatable bonds is 6. The standard InChI is InChI=1S/C23H27N5OS/c1-17-6-8-18(9-7-17)22-25-26-23(27(22)2)30-16-21(29)24-19-10-12-20(13-11-19)28-14-4-3-5-15-28/h6-13H,3-5,14-16H2,1-2H3,(H,24,29). The maximum Gasteiger partial charge on any atom is 0.234 e. The predicted octanol–water partition coefficient (Wildman–Crippen LogP) is 4.51. The number of anilines is 2. The summed E-state index contributed by atoms with van der Waals surface area (Å²) in [4.78, 5) is 14.8. The van der Waals surface area contributed by atoms with Gasteiger partial charge in [-0.3, -0.25) is 4.79 Å². The van der Waals surface area contributed by atoms with Crippen molar-refractivity contribution in [1.82, 2.24) is 14.8 Å². The lowest BCUT2D eigenvalue weighted by molar-refractivity contribution is -0.113. The van der Waals surface area contributed by atoms with Crippen LogP contribution >= 0.6 is 11.8 Å². The molecule has 7 heteroatoms. The molecule has 1 fully saturated rings. The second-order valence-electron chi connectivity index (χ2n) is 7.66. The largest absolute Gasteiger partial charge is 0.372 e. The molecule has 1 aliphatic heterocycles. The Kier molecular flexibility index (Phi) is 6.38. The molecule has 0 saturated carbocycles. The minimum absolute atomic E-state index is 0.0504. The van der Waals surface area contributed by atoms with Crippen molar-refractivity contribution in [2.45, 2.75) is 31.3 Å². The van der Waals surface area contributed by atoms with Crippen LogP contribution < -0.4 is 10.2 Å². The molecule has 0 bridgehead atoms. The van der Waals surface area contributed by atoms with Gasteiger partial charge in [0.2, 0.25) is 5.91 Å². The summed E-state index contributed by atoms with van der Waals surface area (Å²) in [6.07, 6.45) is 3.83. The van der Waals surface area contributed by atoms with Gasteiger partial charge >= 0.3 is 0 Å². The van der Waals surface area contributed by atoms with Crippen molar-refractivity contribution >= 4 is 29.0 Å². The topological polar surface area (TPSA) is 63.1 Å². The van der Waals surface area contributed by atoms with Crippen LogP contribution in [0.1, 0.15) is 24.8 Å². The zero-order valence-corrected chi connectivity index (χ0v) is 18.3. The minimum atomic E-state index is -0.0504. The van der Waals surface area contributed by atoms with E-state index in [-0.39, 0.29) is 11.7 Å². The maximum atomic E-state index is 12.4. The van der Waals surface area contributed by atoms with E-state index >= 15 is 0 Å². The maximum absolute atomic E-state index is 12.4. The van der Waals surface area contributed by atoms with Crippen LogP contribution in [0.25, 0.3) is 11.4 Å². The molecule has 3 aromatic rings. The number of carbonyl (C=O) groups excluding carboxylic acids is 1. The van der Waals surface area contributed by atoms with Crippen LogP contribution in [-0.4, -0.2) is 39.5 Å². The van der Waals surface area contributed by atoms with Crippen LogP contribution in [0.5, 0.6) is 0 Å². The van der Waals surface area contributed by atoms with Crippen LogP contribution in [0.2, 0.25) is 0 Å². The highest BCUT2D eigenvalue weighted by atomic mass is 32.2. The van der Waals surface area contributed by atoms with Gasteiger partial charge in [-0.15, -0.1) is 10.2 Å². The van der Waals surface area contributed by atoms with E-state index < -0.39 is 0 Å². The molecule has 0 aliphatic carbocycles. The number of benzene rings is 2. The Morgan fingerprint density at radius 2 is 1.70 bits per heavy atom. The van der Waals surface area contributed by atoms with Crippen LogP contribution in [0.4, 0.5) is 11.4 Å². The molecule has 2 aromatic carbocycles. The number of aromatic nitrogens is 3. The minimum Gasteiger partial charge on any atom is -0.372 e. The first-order chi connectivity index (χ1) is 14.6. The summed E-state index contributed by atoms with van der Waals surface area (Å²) in [5.74, 6) is 1.03. The average molecular weight is 422 g/mol. The van der Waals surface area contributed by atoms with Crippen molar-refractivity contribution in [3.05, 3.63) is 54.1 Å². The molecule has 1 N–H and O–H groups in total. The fourth-order valence-electron chi connectivity index (χ4n) is 3.63. The van der Waals surface area contributed by atoms with E-state index in [0.717, 1.165) is 35.3 Å². The smallest absolute Gasteiger partial charge is 0.234 e. The predicted molar refractivity (Wildman–Crippen MR) is 123 cm³/mol. The lowest BCUT2D eigenvalue weighted by atomic mass is 10.1. The van der Waals surface area contributed by atoms with E-state index in [4.69, 9.17) is 0 Å². The molecule has 1 amide bonds. The van der Waals surface area contributed by atoms with Crippen LogP contribution in [0, 0.1) is 6.92 Å². The molecule has 6 nitrogen and oxygen atoms in total. The molecular formula is C23H27N5OS.